The maximum absolute atomic E-state index is 12.9. The molecule has 1 spiro atoms. The molecule has 1 saturated heterocycles. The van der Waals surface area contributed by atoms with Crippen molar-refractivity contribution >= 4 is 5.91 Å². The van der Waals surface area contributed by atoms with Crippen molar-refractivity contribution in [1.82, 2.24) is 14.9 Å². The zero-order chi connectivity index (χ0) is 18.0. The molecule has 3 aliphatic rings. The third kappa shape index (κ3) is 2.63. The minimum Gasteiger partial charge on any atom is -0.341 e. The molecule has 5 heteroatoms. The normalized spacial score (nSPS) is 27.4. The van der Waals surface area contributed by atoms with Gasteiger partial charge in [0.1, 0.15) is 5.82 Å². The Labute approximate surface area is 149 Å². The molecule has 2 fully saturated rings. The monoisotopic (exact) mass is 343 g/mol. The smallest absolute Gasteiger partial charge is 0.254 e. The summed E-state index contributed by atoms with van der Waals surface area (Å²) in [6.45, 7) is 9.88. The molecule has 1 aromatic heterocycles. The number of rotatable bonds is 1. The predicted octanol–water partition coefficient (Wildman–Crippen LogP) is 2.67. The standard InChI is InChI=1S/C20H29N3O2/c1-18(2,3)16-21-14-13(15(24)22-16)6-8-20(14)7-5-11-23(12-20)17(25)19(4)9-10-19/h5-12H2,1-4H3,(H,21,22,24). The average molecular weight is 343 g/mol. The average Bonchev–Trinajstić information content (AvgIpc) is 3.21. The van der Waals surface area contributed by atoms with Crippen molar-refractivity contribution < 1.29 is 4.79 Å². The van der Waals surface area contributed by atoms with Crippen LogP contribution in [0, 0.1) is 5.41 Å². The van der Waals surface area contributed by atoms with Gasteiger partial charge in [0, 0.05) is 34.9 Å². The maximum atomic E-state index is 12.9. The van der Waals surface area contributed by atoms with Gasteiger partial charge in [-0.25, -0.2) is 4.98 Å². The molecule has 0 radical (unpaired) electrons. The van der Waals surface area contributed by atoms with Crippen LogP contribution in [0.2, 0.25) is 0 Å². The number of nitrogens with one attached hydrogen (secondary N) is 1. The SMILES string of the molecule is CC1(C(=O)N2CCCC3(CCc4c3nc(C(C)(C)C)[nH]c4=O)C2)CC1. The van der Waals surface area contributed by atoms with Crippen LogP contribution in [0.5, 0.6) is 0 Å². The molecule has 136 valence electrons. The molecular formula is C20H29N3O2. The van der Waals surface area contributed by atoms with E-state index in [0.29, 0.717) is 5.91 Å². The number of amides is 1. The van der Waals surface area contributed by atoms with Gasteiger partial charge in [-0.2, -0.15) is 0 Å². The van der Waals surface area contributed by atoms with Crippen LogP contribution >= 0.6 is 0 Å². The third-order valence-electron chi connectivity index (χ3n) is 6.46. The van der Waals surface area contributed by atoms with E-state index in [0.717, 1.165) is 68.7 Å². The van der Waals surface area contributed by atoms with Gasteiger partial charge in [-0.15, -0.1) is 0 Å². The number of nitrogens with zero attached hydrogens (tertiary/aromatic N) is 2. The molecule has 25 heavy (non-hydrogen) atoms. The summed E-state index contributed by atoms with van der Waals surface area (Å²) in [4.78, 5) is 35.5. The van der Waals surface area contributed by atoms with Crippen molar-refractivity contribution in [2.75, 3.05) is 13.1 Å². The number of hydrogen-bond donors (Lipinski definition) is 1. The van der Waals surface area contributed by atoms with Crippen LogP contribution in [-0.2, 0) is 22.0 Å². The predicted molar refractivity (Wildman–Crippen MR) is 96.7 cm³/mol. The molecule has 0 bridgehead atoms. The van der Waals surface area contributed by atoms with Gasteiger partial charge in [0.05, 0.1) is 5.69 Å². The largest absolute Gasteiger partial charge is 0.341 e. The molecule has 1 N–H and O–H groups in total. The van der Waals surface area contributed by atoms with Crippen LogP contribution in [0.1, 0.15) is 76.9 Å². The first-order valence-electron chi connectivity index (χ1n) is 9.58. The fourth-order valence-electron chi connectivity index (χ4n) is 4.49. The molecule has 1 unspecified atom stereocenters. The highest BCUT2D eigenvalue weighted by Gasteiger charge is 2.51. The van der Waals surface area contributed by atoms with E-state index in [1.807, 2.05) is 0 Å². The Morgan fingerprint density at radius 3 is 2.56 bits per heavy atom. The first kappa shape index (κ1) is 16.8. The highest BCUT2D eigenvalue weighted by molar-refractivity contribution is 5.85. The fourth-order valence-corrected chi connectivity index (χ4v) is 4.49. The summed E-state index contributed by atoms with van der Waals surface area (Å²) in [6, 6.07) is 0. The number of aromatic amines is 1. The van der Waals surface area contributed by atoms with Crippen LogP contribution in [0.25, 0.3) is 0 Å². The van der Waals surface area contributed by atoms with Crippen molar-refractivity contribution in [2.24, 2.45) is 5.41 Å². The van der Waals surface area contributed by atoms with Crippen molar-refractivity contribution in [3.63, 3.8) is 0 Å². The Balaban J connectivity index is 1.72. The number of hydrogen-bond acceptors (Lipinski definition) is 3. The minimum atomic E-state index is -0.191. The van der Waals surface area contributed by atoms with Crippen molar-refractivity contribution in [2.45, 2.75) is 77.0 Å². The van der Waals surface area contributed by atoms with Gasteiger partial charge in [-0.3, -0.25) is 9.59 Å². The molecule has 2 heterocycles. The van der Waals surface area contributed by atoms with Gasteiger partial charge >= 0.3 is 0 Å². The summed E-state index contributed by atoms with van der Waals surface area (Å²) < 4.78 is 0. The molecule has 1 aliphatic heterocycles. The van der Waals surface area contributed by atoms with Crippen LogP contribution in [-0.4, -0.2) is 33.9 Å². The number of fused-ring (bicyclic) bond motifs is 2. The van der Waals surface area contributed by atoms with Gasteiger partial charge in [0.25, 0.3) is 5.56 Å². The number of carbonyl (C=O) groups is 1. The highest BCUT2D eigenvalue weighted by atomic mass is 16.2. The second-order valence-corrected chi connectivity index (χ2v) is 9.66. The lowest BCUT2D eigenvalue weighted by Gasteiger charge is -2.41. The zero-order valence-corrected chi connectivity index (χ0v) is 15.9. The summed E-state index contributed by atoms with van der Waals surface area (Å²) in [5.41, 5.74) is 1.40. The fraction of sp³-hybridized carbons (Fsp3) is 0.750. The molecule has 1 saturated carbocycles. The summed E-state index contributed by atoms with van der Waals surface area (Å²) in [6.07, 6.45) is 5.77. The summed E-state index contributed by atoms with van der Waals surface area (Å²) in [5, 5.41) is 0. The topological polar surface area (TPSA) is 66.1 Å². The van der Waals surface area contributed by atoms with E-state index in [4.69, 9.17) is 4.98 Å². The lowest BCUT2D eigenvalue weighted by Crippen LogP contribution is -2.50. The van der Waals surface area contributed by atoms with Crippen molar-refractivity contribution in [3.8, 4) is 0 Å². The molecule has 4 rings (SSSR count). The molecule has 5 nitrogen and oxygen atoms in total. The van der Waals surface area contributed by atoms with Crippen molar-refractivity contribution in [3.05, 3.63) is 27.4 Å². The van der Waals surface area contributed by atoms with Crippen molar-refractivity contribution in [1.29, 1.82) is 0 Å². The number of piperidine rings is 1. The molecule has 1 atom stereocenters. The zero-order valence-electron chi connectivity index (χ0n) is 15.9. The first-order chi connectivity index (χ1) is 11.6. The number of carbonyl (C=O) groups excluding carboxylic acids is 1. The molecule has 1 aromatic rings. The van der Waals surface area contributed by atoms with Gasteiger partial charge in [-0.1, -0.05) is 27.7 Å². The van der Waals surface area contributed by atoms with E-state index in [1.54, 1.807) is 0 Å². The number of likely N-dealkylation sites (tertiary alicyclic amines) is 1. The van der Waals surface area contributed by atoms with Crippen LogP contribution in [0.15, 0.2) is 4.79 Å². The van der Waals surface area contributed by atoms with Crippen LogP contribution < -0.4 is 5.56 Å². The highest BCUT2D eigenvalue weighted by Crippen LogP contribution is 2.49. The Kier molecular flexibility index (Phi) is 3.48. The minimum absolute atomic E-state index is 0.0180. The number of H-pyrrole nitrogens is 1. The van der Waals surface area contributed by atoms with Crippen LogP contribution in [0.4, 0.5) is 0 Å². The first-order valence-corrected chi connectivity index (χ1v) is 9.58. The summed E-state index contributed by atoms with van der Waals surface area (Å²) in [5.74, 6) is 1.07. The van der Waals surface area contributed by atoms with E-state index in [2.05, 4.69) is 37.6 Å². The Bertz CT molecular complexity index is 785. The van der Waals surface area contributed by atoms with E-state index < -0.39 is 0 Å². The Hall–Kier alpha value is -1.65. The van der Waals surface area contributed by atoms with E-state index in [9.17, 15) is 9.59 Å². The van der Waals surface area contributed by atoms with Gasteiger partial charge in [0.15, 0.2) is 0 Å². The van der Waals surface area contributed by atoms with Crippen LogP contribution in [0.3, 0.4) is 0 Å². The Morgan fingerprint density at radius 2 is 1.92 bits per heavy atom. The second kappa shape index (κ2) is 5.18. The van der Waals surface area contributed by atoms with E-state index in [-0.39, 0.29) is 21.8 Å². The molecule has 2 aliphatic carbocycles. The van der Waals surface area contributed by atoms with Gasteiger partial charge < -0.3 is 9.88 Å². The molecule has 0 aromatic carbocycles. The Morgan fingerprint density at radius 1 is 1.20 bits per heavy atom. The molecular weight excluding hydrogens is 314 g/mol. The summed E-state index contributed by atoms with van der Waals surface area (Å²) >= 11 is 0. The third-order valence-corrected chi connectivity index (χ3v) is 6.46. The lowest BCUT2D eigenvalue weighted by molar-refractivity contribution is -0.138. The summed E-state index contributed by atoms with van der Waals surface area (Å²) in [7, 11) is 0. The van der Waals surface area contributed by atoms with Gasteiger partial charge in [0.2, 0.25) is 5.91 Å². The molecule has 1 amide bonds. The lowest BCUT2D eigenvalue weighted by atomic mass is 9.77. The quantitative estimate of drug-likeness (QED) is 0.852. The van der Waals surface area contributed by atoms with Gasteiger partial charge in [-0.05, 0) is 38.5 Å². The van der Waals surface area contributed by atoms with E-state index >= 15 is 0 Å². The maximum Gasteiger partial charge on any atom is 0.254 e. The number of aromatic nitrogens is 2. The van der Waals surface area contributed by atoms with E-state index in [1.165, 1.54) is 0 Å². The second-order valence-electron chi connectivity index (χ2n) is 9.66.